The van der Waals surface area contributed by atoms with Crippen LogP contribution in [0.4, 0.5) is 0 Å². The Bertz CT molecular complexity index is 1360. The first-order valence-corrected chi connectivity index (χ1v) is 17.8. The zero-order valence-corrected chi connectivity index (χ0v) is 28.1. The third-order valence-corrected chi connectivity index (χ3v) is 10.00. The molecule has 49 heavy (non-hydrogen) atoms. The van der Waals surface area contributed by atoms with E-state index in [0.29, 0.717) is 76.0 Å². The molecule has 3 saturated carbocycles. The number of esters is 3. The molecule has 1 aromatic carbocycles. The molecule has 3 N–H and O–H groups in total. The lowest BCUT2D eigenvalue weighted by molar-refractivity contribution is -0.186. The summed E-state index contributed by atoms with van der Waals surface area (Å²) in [6.07, 6.45) is 7.70. The van der Waals surface area contributed by atoms with Crippen molar-refractivity contribution in [1.82, 2.24) is 5.32 Å². The molecular weight excluding hydrogens is 634 g/mol. The van der Waals surface area contributed by atoms with Gasteiger partial charge in [0, 0.05) is 17.7 Å². The number of amides is 1. The van der Waals surface area contributed by atoms with E-state index in [0.717, 1.165) is 37.5 Å². The van der Waals surface area contributed by atoms with Gasteiger partial charge in [0.05, 0.1) is 36.9 Å². The van der Waals surface area contributed by atoms with Crippen LogP contribution in [-0.2, 0) is 42.9 Å². The number of carbonyl (C=O) groups is 5. The highest BCUT2D eigenvalue weighted by Crippen LogP contribution is 2.40. The van der Waals surface area contributed by atoms with Crippen molar-refractivity contribution in [1.29, 1.82) is 0 Å². The number of hydrogen-bond acceptors (Lipinski definition) is 12. The van der Waals surface area contributed by atoms with E-state index in [-0.39, 0.29) is 56.4 Å². The van der Waals surface area contributed by atoms with E-state index < -0.39 is 29.3 Å². The van der Waals surface area contributed by atoms with Crippen LogP contribution in [0.25, 0.3) is 0 Å². The Morgan fingerprint density at radius 2 is 1.61 bits per heavy atom. The fraction of sp³-hybridized carbons (Fsp3) is 0.667. The molecule has 4 atom stereocenters. The minimum atomic E-state index is -1.29. The molecule has 0 aromatic heterocycles. The third kappa shape index (κ3) is 9.45. The van der Waals surface area contributed by atoms with Crippen molar-refractivity contribution < 1.29 is 47.7 Å². The number of aliphatic imine (C=N–C) groups is 1. The van der Waals surface area contributed by atoms with Crippen molar-refractivity contribution in [2.45, 2.75) is 94.9 Å². The summed E-state index contributed by atoms with van der Waals surface area (Å²) in [5, 5.41) is 2.77. The molecule has 1 heterocycles. The molecule has 3 fully saturated rings. The van der Waals surface area contributed by atoms with Gasteiger partial charge in [-0.25, -0.2) is 4.99 Å². The summed E-state index contributed by atoms with van der Waals surface area (Å²) in [6.45, 7) is 1.53. The van der Waals surface area contributed by atoms with Crippen molar-refractivity contribution in [2.24, 2.45) is 28.5 Å². The van der Waals surface area contributed by atoms with E-state index in [4.69, 9.17) is 29.4 Å². The maximum Gasteiger partial charge on any atom is 0.312 e. The van der Waals surface area contributed by atoms with Crippen molar-refractivity contribution in [3.8, 4) is 0 Å². The van der Waals surface area contributed by atoms with Gasteiger partial charge in [0.25, 0.3) is 5.91 Å². The molecule has 4 aliphatic rings. The average molecular weight is 684 g/mol. The van der Waals surface area contributed by atoms with Crippen LogP contribution in [0.3, 0.4) is 0 Å². The lowest BCUT2D eigenvalue weighted by Gasteiger charge is -2.42. The van der Waals surface area contributed by atoms with Crippen LogP contribution in [0.15, 0.2) is 29.3 Å². The Hall–Kier alpha value is -3.84. The van der Waals surface area contributed by atoms with Gasteiger partial charge in [-0.3, -0.25) is 19.2 Å². The Morgan fingerprint density at radius 1 is 0.898 bits per heavy atom. The van der Waals surface area contributed by atoms with Crippen molar-refractivity contribution in [3.63, 3.8) is 0 Å². The number of nitrogens with zero attached hydrogens (tertiary/aromatic N) is 1. The Morgan fingerprint density at radius 3 is 2.33 bits per heavy atom. The summed E-state index contributed by atoms with van der Waals surface area (Å²) in [5.74, 6) is -2.86. The fourth-order valence-corrected chi connectivity index (χ4v) is 7.41. The first-order valence-electron chi connectivity index (χ1n) is 17.8. The van der Waals surface area contributed by atoms with Crippen LogP contribution in [0.2, 0.25) is 0 Å². The highest BCUT2D eigenvalue weighted by Gasteiger charge is 2.49. The Balaban J connectivity index is 1.08. The fourth-order valence-electron chi connectivity index (χ4n) is 7.41. The molecule has 13 heteroatoms. The van der Waals surface area contributed by atoms with Gasteiger partial charge >= 0.3 is 17.9 Å². The van der Waals surface area contributed by atoms with Gasteiger partial charge in [0.1, 0.15) is 31.5 Å². The molecule has 13 nitrogen and oxygen atoms in total. The van der Waals surface area contributed by atoms with E-state index in [1.807, 2.05) is 6.07 Å². The largest absolute Gasteiger partial charge is 0.476 e. The number of rotatable bonds is 14. The maximum atomic E-state index is 13.3. The summed E-state index contributed by atoms with van der Waals surface area (Å²) >= 11 is 0. The molecule has 0 spiro atoms. The second-order valence-electron chi connectivity index (χ2n) is 13.3. The molecule has 1 amide bonds. The van der Waals surface area contributed by atoms with Gasteiger partial charge < -0.3 is 39.5 Å². The predicted octanol–water partition coefficient (Wildman–Crippen LogP) is 3.04. The predicted molar refractivity (Wildman–Crippen MR) is 177 cm³/mol. The molecule has 3 aliphatic carbocycles. The third-order valence-electron chi connectivity index (χ3n) is 10.00. The monoisotopic (exact) mass is 683 g/mol. The van der Waals surface area contributed by atoms with Crippen LogP contribution >= 0.6 is 0 Å². The number of nitrogens with one attached hydrogen (secondary N) is 1. The van der Waals surface area contributed by atoms with E-state index in [1.165, 1.54) is 0 Å². The summed E-state index contributed by atoms with van der Waals surface area (Å²) in [4.78, 5) is 68.5. The van der Waals surface area contributed by atoms with Crippen LogP contribution < -0.4 is 11.1 Å². The van der Waals surface area contributed by atoms with E-state index in [2.05, 4.69) is 10.3 Å². The van der Waals surface area contributed by atoms with E-state index in [1.54, 1.807) is 18.2 Å². The zero-order valence-electron chi connectivity index (χ0n) is 28.1. The number of hydrogen-bond donors (Lipinski definition) is 2. The van der Waals surface area contributed by atoms with Crippen LogP contribution in [0.1, 0.15) is 93.0 Å². The second kappa shape index (κ2) is 17.7. The molecule has 268 valence electrons. The van der Waals surface area contributed by atoms with Gasteiger partial charge in [-0.1, -0.05) is 31.7 Å². The summed E-state index contributed by atoms with van der Waals surface area (Å²) in [5.41, 5.74) is 5.33. The summed E-state index contributed by atoms with van der Waals surface area (Å²) in [6, 6.07) is 6.98. The summed E-state index contributed by atoms with van der Waals surface area (Å²) in [7, 11) is 0. The minimum absolute atomic E-state index is 0.0470. The smallest absolute Gasteiger partial charge is 0.312 e. The molecular formula is C36H49N3O10. The first kappa shape index (κ1) is 36.4. The van der Waals surface area contributed by atoms with Crippen molar-refractivity contribution >= 4 is 36.0 Å². The van der Waals surface area contributed by atoms with E-state index >= 15 is 0 Å². The van der Waals surface area contributed by atoms with Crippen molar-refractivity contribution in [2.75, 3.05) is 39.5 Å². The number of carbonyl (C=O) groups excluding carboxylic acids is 5. The maximum absolute atomic E-state index is 13.3. The van der Waals surface area contributed by atoms with Gasteiger partial charge in [-0.15, -0.1) is 0 Å². The molecule has 0 saturated heterocycles. The zero-order chi connectivity index (χ0) is 34.6. The van der Waals surface area contributed by atoms with Gasteiger partial charge in [-0.2, -0.15) is 0 Å². The molecule has 0 radical (unpaired) electrons. The van der Waals surface area contributed by atoms with Gasteiger partial charge in [0.2, 0.25) is 5.90 Å². The highest BCUT2D eigenvalue weighted by atomic mass is 16.6. The number of benzene rings is 1. The topological polar surface area (TPSA) is 182 Å². The number of aldehydes is 1. The van der Waals surface area contributed by atoms with Crippen LogP contribution in [0, 0.1) is 17.8 Å². The molecule has 1 aromatic rings. The molecule has 5 rings (SSSR count). The second-order valence-corrected chi connectivity index (χ2v) is 13.3. The van der Waals surface area contributed by atoms with Crippen LogP contribution in [0.5, 0.6) is 0 Å². The average Bonchev–Trinajstić information content (AvgIpc) is 3.69. The van der Waals surface area contributed by atoms with Crippen LogP contribution in [-0.4, -0.2) is 93.3 Å². The van der Waals surface area contributed by atoms with Gasteiger partial charge in [-0.05, 0) is 69.6 Å². The molecule has 1 aliphatic heterocycles. The molecule has 4 unspecified atom stereocenters. The summed E-state index contributed by atoms with van der Waals surface area (Å²) < 4.78 is 28.6. The van der Waals surface area contributed by atoms with Gasteiger partial charge in [0.15, 0.2) is 6.29 Å². The Labute approximate surface area is 287 Å². The lowest BCUT2D eigenvalue weighted by Crippen LogP contribution is -2.51. The molecule has 0 bridgehead atoms. The normalized spacial score (nSPS) is 28.3. The Kier molecular flexibility index (Phi) is 13.2. The quantitative estimate of drug-likeness (QED) is 0.127. The minimum Gasteiger partial charge on any atom is -0.476 e. The number of ether oxygens (including phenoxy) is 5. The SMILES string of the molecule is NCCOC(=O)C1CCCCC1C(=O)OC1CCC(OC2(C=O)CCCCC2C(=O)OCCNC(=O)c2cccc(C3=NCCO3)c2)CC1. The standard InChI is InChI=1S/C36H49N3O10/c37-16-19-46-33(42)28-8-1-2-9-29(28)34(43)48-26-11-13-27(14-12-26)49-36(23-40)15-4-3-10-30(36)35(44)47-21-17-38-31(41)24-6-5-7-25(22-24)32-39-18-20-45-32/h5-7,22-23,26-30H,1-4,8-21,37H2,(H,38,41). The highest BCUT2D eigenvalue weighted by molar-refractivity contribution is 6.00. The first-order chi connectivity index (χ1) is 23.8. The van der Waals surface area contributed by atoms with E-state index in [9.17, 15) is 24.0 Å². The van der Waals surface area contributed by atoms with Crippen molar-refractivity contribution in [3.05, 3.63) is 35.4 Å². The lowest BCUT2D eigenvalue weighted by atomic mass is 9.75. The number of nitrogens with two attached hydrogens (primary N) is 1.